The number of hydrogen-bond donors (Lipinski definition) is 0. The van der Waals surface area contributed by atoms with Crippen molar-refractivity contribution in [3.8, 4) is 23.1 Å². The molecule has 0 aliphatic carbocycles. The van der Waals surface area contributed by atoms with Gasteiger partial charge < -0.3 is 4.74 Å². The van der Waals surface area contributed by atoms with E-state index in [1.165, 1.54) is 0 Å². The summed E-state index contributed by atoms with van der Waals surface area (Å²) in [4.78, 5) is 4.37. The Kier molecular flexibility index (Phi) is 5.75. The molecule has 4 aromatic rings. The third-order valence-electron chi connectivity index (χ3n) is 4.74. The molecule has 2 heterocycles. The van der Waals surface area contributed by atoms with Gasteiger partial charge in [0.2, 0.25) is 0 Å². The van der Waals surface area contributed by atoms with Gasteiger partial charge in [-0.05, 0) is 57.2 Å². The molecule has 31 heavy (non-hydrogen) atoms. The summed E-state index contributed by atoms with van der Waals surface area (Å²) in [6.45, 7) is 7.67. The van der Waals surface area contributed by atoms with E-state index in [0.717, 1.165) is 33.2 Å². The summed E-state index contributed by atoms with van der Waals surface area (Å²) in [5.74, 6) is 0.705. The number of pyridine rings is 1. The zero-order chi connectivity index (χ0) is 22.0. The Morgan fingerprint density at radius 3 is 2.74 bits per heavy atom. The lowest BCUT2D eigenvalue weighted by atomic mass is 9.97. The lowest BCUT2D eigenvalue weighted by Gasteiger charge is -2.18. The molecule has 6 nitrogen and oxygen atoms in total. The Labute approximate surface area is 189 Å². The van der Waals surface area contributed by atoms with Crippen molar-refractivity contribution in [2.45, 2.75) is 33.9 Å². The predicted molar refractivity (Wildman–Crippen MR) is 123 cm³/mol. The van der Waals surface area contributed by atoms with Crippen molar-refractivity contribution in [2.24, 2.45) is 5.41 Å². The van der Waals surface area contributed by atoms with Gasteiger partial charge in [0.15, 0.2) is 0 Å². The Morgan fingerprint density at radius 2 is 1.97 bits per heavy atom. The molecule has 2 aromatic carbocycles. The molecule has 0 aliphatic rings. The van der Waals surface area contributed by atoms with Crippen molar-refractivity contribution in [3.63, 3.8) is 0 Å². The molecule has 0 unspecified atom stereocenters. The van der Waals surface area contributed by atoms with E-state index >= 15 is 0 Å². The van der Waals surface area contributed by atoms with Crippen LogP contribution in [0.15, 0.2) is 59.2 Å². The molecule has 0 spiro atoms. The van der Waals surface area contributed by atoms with Crippen LogP contribution in [0.4, 0.5) is 0 Å². The molecular weight excluding hydrogens is 454 g/mol. The van der Waals surface area contributed by atoms with Crippen LogP contribution in [0.25, 0.3) is 22.3 Å². The van der Waals surface area contributed by atoms with Crippen LogP contribution in [0.1, 0.15) is 31.9 Å². The SMILES string of the molecule is CC(C)(C)Cn1nnc2c(Br)c(OCc3cccc(-c4ncccc4C#N)c3)ccc21. The summed E-state index contributed by atoms with van der Waals surface area (Å²) in [5, 5.41) is 18.0. The average Bonchev–Trinajstić information content (AvgIpc) is 3.15. The number of rotatable bonds is 5. The summed E-state index contributed by atoms with van der Waals surface area (Å²) >= 11 is 3.63. The van der Waals surface area contributed by atoms with E-state index in [-0.39, 0.29) is 5.41 Å². The Bertz CT molecular complexity index is 1280. The monoisotopic (exact) mass is 475 g/mol. The highest BCUT2D eigenvalue weighted by Crippen LogP contribution is 2.33. The van der Waals surface area contributed by atoms with Gasteiger partial charge in [0.25, 0.3) is 0 Å². The second kappa shape index (κ2) is 8.48. The van der Waals surface area contributed by atoms with Gasteiger partial charge in [0.05, 0.1) is 21.2 Å². The Morgan fingerprint density at radius 1 is 1.13 bits per heavy atom. The minimum absolute atomic E-state index is 0.103. The predicted octanol–water partition coefficient (Wildman–Crippen LogP) is 5.75. The summed E-state index contributed by atoms with van der Waals surface area (Å²) in [7, 11) is 0. The van der Waals surface area contributed by atoms with E-state index < -0.39 is 0 Å². The van der Waals surface area contributed by atoms with Gasteiger partial charge in [0, 0.05) is 18.3 Å². The molecule has 156 valence electrons. The quantitative estimate of drug-likeness (QED) is 0.367. The topological polar surface area (TPSA) is 76.6 Å². The fourth-order valence-corrected chi connectivity index (χ4v) is 3.89. The fourth-order valence-electron chi connectivity index (χ4n) is 3.36. The molecular formula is C24H22BrN5O. The molecule has 0 radical (unpaired) electrons. The number of benzene rings is 2. The highest BCUT2D eigenvalue weighted by Gasteiger charge is 2.17. The first kappa shape index (κ1) is 21.0. The molecule has 2 aromatic heterocycles. The number of fused-ring (bicyclic) bond motifs is 1. The first-order valence-electron chi connectivity index (χ1n) is 9.95. The molecule has 7 heteroatoms. The molecule has 0 saturated carbocycles. The fraction of sp³-hybridized carbons (Fsp3) is 0.250. The summed E-state index contributed by atoms with van der Waals surface area (Å²) in [6.07, 6.45) is 1.69. The smallest absolute Gasteiger partial charge is 0.136 e. The zero-order valence-electron chi connectivity index (χ0n) is 17.6. The van der Waals surface area contributed by atoms with Crippen LogP contribution in [0.3, 0.4) is 0 Å². The molecule has 4 rings (SSSR count). The number of nitriles is 1. The second-order valence-corrected chi connectivity index (χ2v) is 9.35. The van der Waals surface area contributed by atoms with Gasteiger partial charge in [-0.1, -0.05) is 44.2 Å². The van der Waals surface area contributed by atoms with Crippen molar-refractivity contribution in [3.05, 3.63) is 70.3 Å². The number of aromatic nitrogens is 4. The van der Waals surface area contributed by atoms with Crippen LogP contribution in [0, 0.1) is 16.7 Å². The third-order valence-corrected chi connectivity index (χ3v) is 5.50. The summed E-state index contributed by atoms with van der Waals surface area (Å²) in [6, 6.07) is 17.5. The van der Waals surface area contributed by atoms with E-state index in [1.807, 2.05) is 41.1 Å². The highest BCUT2D eigenvalue weighted by atomic mass is 79.9. The lowest BCUT2D eigenvalue weighted by Crippen LogP contribution is -2.16. The van der Waals surface area contributed by atoms with Gasteiger partial charge in [-0.25, -0.2) is 4.68 Å². The Hall–Kier alpha value is -3.24. The van der Waals surface area contributed by atoms with Gasteiger partial charge in [-0.15, -0.1) is 5.10 Å². The summed E-state index contributed by atoms with van der Waals surface area (Å²) < 4.78 is 8.79. The normalized spacial score (nSPS) is 11.5. The van der Waals surface area contributed by atoms with Crippen molar-refractivity contribution >= 4 is 27.0 Å². The van der Waals surface area contributed by atoms with E-state index in [1.54, 1.807) is 18.3 Å². The number of ether oxygens (including phenoxy) is 1. The van der Waals surface area contributed by atoms with Crippen molar-refractivity contribution in [2.75, 3.05) is 0 Å². The van der Waals surface area contributed by atoms with Crippen molar-refractivity contribution < 1.29 is 4.74 Å². The van der Waals surface area contributed by atoms with Gasteiger partial charge in [0.1, 0.15) is 23.9 Å². The minimum Gasteiger partial charge on any atom is -0.488 e. The molecule has 0 aliphatic heterocycles. The number of halogens is 1. The molecule has 0 saturated heterocycles. The molecule has 0 fully saturated rings. The van der Waals surface area contributed by atoms with E-state index in [2.05, 4.69) is 58.1 Å². The number of nitrogens with zero attached hydrogens (tertiary/aromatic N) is 5. The van der Waals surface area contributed by atoms with Crippen LogP contribution in [-0.4, -0.2) is 20.0 Å². The first-order chi connectivity index (χ1) is 14.9. The highest BCUT2D eigenvalue weighted by molar-refractivity contribution is 9.10. The zero-order valence-corrected chi connectivity index (χ0v) is 19.2. The van der Waals surface area contributed by atoms with Crippen molar-refractivity contribution in [1.82, 2.24) is 20.0 Å². The summed E-state index contributed by atoms with van der Waals surface area (Å²) in [5.41, 5.74) is 4.94. The lowest BCUT2D eigenvalue weighted by molar-refractivity contribution is 0.304. The molecule has 0 atom stereocenters. The van der Waals surface area contributed by atoms with E-state index in [9.17, 15) is 5.26 Å². The average molecular weight is 476 g/mol. The molecule has 0 amide bonds. The Balaban J connectivity index is 1.56. The van der Waals surface area contributed by atoms with Crippen LogP contribution < -0.4 is 4.74 Å². The maximum Gasteiger partial charge on any atom is 0.136 e. The molecule has 0 bridgehead atoms. The van der Waals surface area contributed by atoms with Gasteiger partial charge in [-0.2, -0.15) is 5.26 Å². The van der Waals surface area contributed by atoms with E-state index in [4.69, 9.17) is 4.74 Å². The van der Waals surface area contributed by atoms with Crippen LogP contribution in [-0.2, 0) is 13.2 Å². The van der Waals surface area contributed by atoms with Crippen LogP contribution >= 0.6 is 15.9 Å². The minimum atomic E-state index is 0.103. The van der Waals surface area contributed by atoms with E-state index in [0.29, 0.717) is 23.6 Å². The largest absolute Gasteiger partial charge is 0.488 e. The van der Waals surface area contributed by atoms with Gasteiger partial charge in [-0.3, -0.25) is 4.98 Å². The maximum atomic E-state index is 9.35. The third kappa shape index (κ3) is 4.59. The maximum absolute atomic E-state index is 9.35. The standard InChI is InChI=1S/C24H22BrN5O/c1-24(2,3)15-30-19-9-10-20(21(25)23(19)28-29-30)31-14-16-6-4-7-17(12-16)22-18(13-26)8-5-11-27-22/h4-12H,14-15H2,1-3H3. The second-order valence-electron chi connectivity index (χ2n) is 8.55. The van der Waals surface area contributed by atoms with Gasteiger partial charge >= 0.3 is 0 Å². The first-order valence-corrected chi connectivity index (χ1v) is 10.7. The van der Waals surface area contributed by atoms with Crippen LogP contribution in [0.5, 0.6) is 5.75 Å². The van der Waals surface area contributed by atoms with Crippen molar-refractivity contribution in [1.29, 1.82) is 5.26 Å². The molecule has 0 N–H and O–H groups in total. The van der Waals surface area contributed by atoms with Crippen LogP contribution in [0.2, 0.25) is 0 Å². The number of hydrogen-bond acceptors (Lipinski definition) is 5.